The molecule has 0 aromatic rings. The number of rotatable bonds is 7. The summed E-state index contributed by atoms with van der Waals surface area (Å²) in [6, 6.07) is 0. The molecule has 0 radical (unpaired) electrons. The fraction of sp³-hybridized carbons (Fsp3) is 0.500. The fourth-order valence-electron chi connectivity index (χ4n) is 1.37. The van der Waals surface area contributed by atoms with Crippen molar-refractivity contribution in [3.63, 3.8) is 0 Å². The van der Waals surface area contributed by atoms with Gasteiger partial charge in [-0.05, 0) is 33.1 Å². The molecule has 0 saturated heterocycles. The lowest BCUT2D eigenvalue weighted by atomic mass is 9.98. The van der Waals surface area contributed by atoms with Gasteiger partial charge in [0.2, 0.25) is 0 Å². The van der Waals surface area contributed by atoms with Gasteiger partial charge in [0.15, 0.2) is 0 Å². The van der Waals surface area contributed by atoms with Gasteiger partial charge in [-0.3, -0.25) is 4.79 Å². The van der Waals surface area contributed by atoms with Crippen LogP contribution >= 0.6 is 0 Å². The van der Waals surface area contributed by atoms with E-state index < -0.39 is 0 Å². The van der Waals surface area contributed by atoms with Crippen LogP contribution in [0.4, 0.5) is 0 Å². The first kappa shape index (κ1) is 14.7. The largest absolute Gasteiger partial charge is 0.469 e. The number of ether oxygens (including phenoxy) is 1. The third-order valence-corrected chi connectivity index (χ3v) is 2.50. The topological polar surface area (TPSA) is 26.3 Å². The van der Waals surface area contributed by atoms with Gasteiger partial charge in [-0.25, -0.2) is 0 Å². The second-order valence-corrected chi connectivity index (χ2v) is 3.75. The van der Waals surface area contributed by atoms with Crippen LogP contribution in [-0.4, -0.2) is 13.1 Å². The molecule has 1 atom stereocenters. The van der Waals surface area contributed by atoms with E-state index in [1.807, 2.05) is 26.0 Å². The number of carbonyl (C=O) groups excluding carboxylic acids is 1. The van der Waals surface area contributed by atoms with Crippen LogP contribution in [0.15, 0.2) is 36.5 Å². The highest BCUT2D eigenvalue weighted by Crippen LogP contribution is 2.15. The van der Waals surface area contributed by atoms with E-state index in [-0.39, 0.29) is 11.9 Å². The predicted octanol–water partition coefficient (Wildman–Crippen LogP) is 3.65. The molecule has 0 aliphatic rings. The summed E-state index contributed by atoms with van der Waals surface area (Å²) in [4.78, 5) is 11.5. The molecule has 0 rings (SSSR count). The van der Waals surface area contributed by atoms with Crippen LogP contribution in [-0.2, 0) is 9.53 Å². The Labute approximate surface area is 98.7 Å². The smallest absolute Gasteiger partial charge is 0.308 e. The van der Waals surface area contributed by atoms with Crippen molar-refractivity contribution in [2.24, 2.45) is 5.92 Å². The number of allylic oxidation sites excluding steroid dienone is 5. The molecule has 0 spiro atoms. The minimum atomic E-state index is -0.127. The van der Waals surface area contributed by atoms with Gasteiger partial charge in [0.25, 0.3) is 0 Å². The number of esters is 1. The van der Waals surface area contributed by atoms with E-state index in [2.05, 4.69) is 12.7 Å². The Hall–Kier alpha value is -1.31. The van der Waals surface area contributed by atoms with Crippen LogP contribution in [0.3, 0.4) is 0 Å². The fourth-order valence-corrected chi connectivity index (χ4v) is 1.37. The maximum Gasteiger partial charge on any atom is 0.308 e. The molecule has 0 N–H and O–H groups in total. The average molecular weight is 222 g/mol. The third-order valence-electron chi connectivity index (χ3n) is 2.50. The van der Waals surface area contributed by atoms with E-state index in [9.17, 15) is 4.79 Å². The molecule has 2 nitrogen and oxygen atoms in total. The Morgan fingerprint density at radius 2 is 2.19 bits per heavy atom. The van der Waals surface area contributed by atoms with Crippen molar-refractivity contribution in [1.82, 2.24) is 0 Å². The van der Waals surface area contributed by atoms with Gasteiger partial charge in [-0.1, -0.05) is 36.5 Å². The molecule has 0 amide bonds. The molecule has 0 bridgehead atoms. The maximum absolute atomic E-state index is 11.5. The SMILES string of the molecule is C=C/C(C)=C/CC(CC/C=C/C)C(=O)OC. The third kappa shape index (κ3) is 6.23. The number of carbonyl (C=O) groups is 1. The number of hydrogen-bond acceptors (Lipinski definition) is 2. The van der Waals surface area contributed by atoms with E-state index in [4.69, 9.17) is 4.74 Å². The predicted molar refractivity (Wildman–Crippen MR) is 68.1 cm³/mol. The molecule has 0 aliphatic heterocycles. The van der Waals surface area contributed by atoms with Crippen molar-refractivity contribution < 1.29 is 9.53 Å². The van der Waals surface area contributed by atoms with Crippen LogP contribution < -0.4 is 0 Å². The maximum atomic E-state index is 11.5. The van der Waals surface area contributed by atoms with Crippen molar-refractivity contribution in [3.05, 3.63) is 36.5 Å². The number of hydrogen-bond donors (Lipinski definition) is 0. The first-order chi connectivity index (χ1) is 7.65. The summed E-state index contributed by atoms with van der Waals surface area (Å²) in [7, 11) is 1.44. The average Bonchev–Trinajstić information content (AvgIpc) is 2.32. The minimum absolute atomic E-state index is 0.0453. The van der Waals surface area contributed by atoms with Gasteiger partial charge in [0.05, 0.1) is 13.0 Å². The zero-order valence-corrected chi connectivity index (χ0v) is 10.5. The Morgan fingerprint density at radius 1 is 1.50 bits per heavy atom. The second kappa shape index (κ2) is 8.96. The summed E-state index contributed by atoms with van der Waals surface area (Å²) in [5.41, 5.74) is 1.10. The zero-order chi connectivity index (χ0) is 12.4. The summed E-state index contributed by atoms with van der Waals surface area (Å²) >= 11 is 0. The van der Waals surface area contributed by atoms with Gasteiger partial charge < -0.3 is 4.74 Å². The minimum Gasteiger partial charge on any atom is -0.469 e. The Bertz CT molecular complexity index is 274. The van der Waals surface area contributed by atoms with Gasteiger partial charge in [0.1, 0.15) is 0 Å². The van der Waals surface area contributed by atoms with Crippen molar-refractivity contribution in [1.29, 1.82) is 0 Å². The lowest BCUT2D eigenvalue weighted by molar-refractivity contribution is -0.145. The molecule has 16 heavy (non-hydrogen) atoms. The quantitative estimate of drug-likeness (QED) is 0.373. The lowest BCUT2D eigenvalue weighted by Gasteiger charge is -2.11. The number of methoxy groups -OCH3 is 1. The molecule has 1 unspecified atom stereocenters. The highest BCUT2D eigenvalue weighted by Gasteiger charge is 2.16. The molecule has 0 aromatic carbocycles. The highest BCUT2D eigenvalue weighted by atomic mass is 16.5. The zero-order valence-electron chi connectivity index (χ0n) is 10.5. The Morgan fingerprint density at radius 3 is 2.69 bits per heavy atom. The van der Waals surface area contributed by atoms with E-state index in [1.54, 1.807) is 6.08 Å². The van der Waals surface area contributed by atoms with Crippen LogP contribution in [0.1, 0.15) is 33.1 Å². The van der Waals surface area contributed by atoms with Crippen LogP contribution in [0.25, 0.3) is 0 Å². The van der Waals surface area contributed by atoms with E-state index >= 15 is 0 Å². The molecule has 0 saturated carbocycles. The van der Waals surface area contributed by atoms with Gasteiger partial charge in [0, 0.05) is 0 Å². The second-order valence-electron chi connectivity index (χ2n) is 3.75. The van der Waals surface area contributed by atoms with Crippen molar-refractivity contribution >= 4 is 5.97 Å². The Balaban J connectivity index is 4.31. The molecule has 2 heteroatoms. The summed E-state index contributed by atoms with van der Waals surface area (Å²) in [6.45, 7) is 7.64. The normalized spacial score (nSPS) is 13.8. The highest BCUT2D eigenvalue weighted by molar-refractivity contribution is 5.72. The van der Waals surface area contributed by atoms with Crippen molar-refractivity contribution in [2.45, 2.75) is 33.1 Å². The summed E-state index contributed by atoms with van der Waals surface area (Å²) in [6.07, 6.45) is 10.4. The standard InChI is InChI=1S/C14H22O2/c1-5-7-8-9-13(14(15)16-4)11-10-12(3)6-2/h5-7,10,13H,2,8-9,11H2,1,3-4H3/b7-5+,12-10+. The molecular formula is C14H22O2. The summed E-state index contributed by atoms with van der Waals surface area (Å²) in [5, 5.41) is 0. The first-order valence-corrected chi connectivity index (χ1v) is 5.63. The van der Waals surface area contributed by atoms with Gasteiger partial charge in [-0.15, -0.1) is 0 Å². The van der Waals surface area contributed by atoms with Crippen molar-refractivity contribution in [2.75, 3.05) is 7.11 Å². The summed E-state index contributed by atoms with van der Waals surface area (Å²) < 4.78 is 4.79. The van der Waals surface area contributed by atoms with Crippen LogP contribution in [0, 0.1) is 5.92 Å². The monoisotopic (exact) mass is 222 g/mol. The molecule has 0 fully saturated rings. The molecule has 0 heterocycles. The molecule has 90 valence electrons. The van der Waals surface area contributed by atoms with Crippen LogP contribution in [0.5, 0.6) is 0 Å². The van der Waals surface area contributed by atoms with Gasteiger partial charge >= 0.3 is 5.97 Å². The summed E-state index contributed by atoms with van der Waals surface area (Å²) in [5.74, 6) is -0.172. The van der Waals surface area contributed by atoms with E-state index in [1.165, 1.54) is 7.11 Å². The van der Waals surface area contributed by atoms with E-state index in [0.717, 1.165) is 24.8 Å². The lowest BCUT2D eigenvalue weighted by Crippen LogP contribution is -2.15. The molecule has 0 aromatic heterocycles. The van der Waals surface area contributed by atoms with Crippen LogP contribution in [0.2, 0.25) is 0 Å². The molecule has 0 aliphatic carbocycles. The van der Waals surface area contributed by atoms with E-state index in [0.29, 0.717) is 0 Å². The van der Waals surface area contributed by atoms with Gasteiger partial charge in [-0.2, -0.15) is 0 Å². The first-order valence-electron chi connectivity index (χ1n) is 5.63. The van der Waals surface area contributed by atoms with Crippen molar-refractivity contribution in [3.8, 4) is 0 Å². The Kier molecular flexibility index (Phi) is 8.22. The molecular weight excluding hydrogens is 200 g/mol.